The number of phenols is 1. The highest BCUT2D eigenvalue weighted by Crippen LogP contribution is 2.21. The van der Waals surface area contributed by atoms with E-state index in [-0.39, 0.29) is 11.8 Å². The van der Waals surface area contributed by atoms with Gasteiger partial charge in [-0.25, -0.2) is 0 Å². The first kappa shape index (κ1) is 19.9. The lowest BCUT2D eigenvalue weighted by molar-refractivity contribution is -0.136. The molecule has 2 aromatic rings. The minimum Gasteiger partial charge on any atom is -0.508 e. The van der Waals surface area contributed by atoms with Gasteiger partial charge in [-0.15, -0.1) is 0 Å². The number of rotatable bonds is 5. The van der Waals surface area contributed by atoms with E-state index in [1.165, 1.54) is 12.1 Å². The summed E-state index contributed by atoms with van der Waals surface area (Å²) in [4.78, 5) is 29.1. The minimum absolute atomic E-state index is 0.00687. The maximum Gasteiger partial charge on any atom is 0.313 e. The van der Waals surface area contributed by atoms with Crippen LogP contribution in [0.4, 0.5) is 5.69 Å². The van der Waals surface area contributed by atoms with E-state index in [0.29, 0.717) is 12.2 Å². The molecule has 2 aromatic carbocycles. The number of likely N-dealkylation sites (N-methyl/N-ethyl adjacent to an activating group) is 1. The van der Waals surface area contributed by atoms with Gasteiger partial charge in [0.1, 0.15) is 5.75 Å². The molecule has 28 heavy (non-hydrogen) atoms. The van der Waals surface area contributed by atoms with Crippen LogP contribution < -0.4 is 10.6 Å². The molecule has 1 aliphatic rings. The Morgan fingerprint density at radius 3 is 2.39 bits per heavy atom. The molecule has 3 N–H and O–H groups in total. The van der Waals surface area contributed by atoms with E-state index < -0.39 is 11.8 Å². The van der Waals surface area contributed by atoms with Gasteiger partial charge in [-0.05, 0) is 24.7 Å². The molecule has 148 valence electrons. The molecule has 2 amide bonds. The number of piperazine rings is 1. The minimum atomic E-state index is -0.754. The molecule has 1 heterocycles. The molecule has 1 aliphatic heterocycles. The van der Waals surface area contributed by atoms with Crippen molar-refractivity contribution in [2.24, 2.45) is 0 Å². The predicted molar refractivity (Wildman–Crippen MR) is 108 cm³/mol. The van der Waals surface area contributed by atoms with Crippen LogP contribution in [-0.2, 0) is 9.59 Å². The Kier molecular flexibility index (Phi) is 6.62. The van der Waals surface area contributed by atoms with Crippen LogP contribution in [0.3, 0.4) is 0 Å². The highest BCUT2D eigenvalue weighted by Gasteiger charge is 2.25. The first-order valence-corrected chi connectivity index (χ1v) is 9.38. The third kappa shape index (κ3) is 5.31. The van der Waals surface area contributed by atoms with Gasteiger partial charge in [0.15, 0.2) is 0 Å². The van der Waals surface area contributed by atoms with Gasteiger partial charge in [0, 0.05) is 44.5 Å². The van der Waals surface area contributed by atoms with Crippen molar-refractivity contribution in [2.45, 2.75) is 6.04 Å². The Balaban J connectivity index is 1.62. The molecule has 0 spiro atoms. The molecule has 0 aromatic heterocycles. The van der Waals surface area contributed by atoms with Gasteiger partial charge in [0.25, 0.3) is 0 Å². The molecule has 3 rings (SSSR count). The summed E-state index contributed by atoms with van der Waals surface area (Å²) < 4.78 is 0. The van der Waals surface area contributed by atoms with E-state index in [9.17, 15) is 14.7 Å². The summed E-state index contributed by atoms with van der Waals surface area (Å²) in [7, 11) is 2.10. The fraction of sp³-hybridized carbons (Fsp3) is 0.333. The summed E-state index contributed by atoms with van der Waals surface area (Å²) in [6.45, 7) is 4.09. The van der Waals surface area contributed by atoms with Gasteiger partial charge in [-0.2, -0.15) is 0 Å². The van der Waals surface area contributed by atoms with Crippen molar-refractivity contribution >= 4 is 17.5 Å². The molecule has 0 saturated carbocycles. The average Bonchev–Trinajstić information content (AvgIpc) is 2.70. The van der Waals surface area contributed by atoms with Gasteiger partial charge in [-0.3, -0.25) is 14.5 Å². The van der Waals surface area contributed by atoms with Crippen molar-refractivity contribution < 1.29 is 14.7 Å². The van der Waals surface area contributed by atoms with Gasteiger partial charge >= 0.3 is 11.8 Å². The zero-order valence-electron chi connectivity index (χ0n) is 16.0. The van der Waals surface area contributed by atoms with Crippen LogP contribution in [0.25, 0.3) is 0 Å². The lowest BCUT2D eigenvalue weighted by Crippen LogP contribution is -2.49. The second-order valence-corrected chi connectivity index (χ2v) is 6.98. The summed E-state index contributed by atoms with van der Waals surface area (Å²) in [6.07, 6.45) is 0. The van der Waals surface area contributed by atoms with E-state index in [1.807, 2.05) is 30.3 Å². The topological polar surface area (TPSA) is 84.9 Å². The first-order chi connectivity index (χ1) is 13.5. The third-order valence-electron chi connectivity index (χ3n) is 4.93. The Morgan fingerprint density at radius 2 is 1.71 bits per heavy atom. The summed E-state index contributed by atoms with van der Waals surface area (Å²) in [6, 6.07) is 16.1. The number of nitrogens with one attached hydrogen (secondary N) is 2. The zero-order valence-corrected chi connectivity index (χ0v) is 16.0. The lowest BCUT2D eigenvalue weighted by Gasteiger charge is -2.38. The summed E-state index contributed by atoms with van der Waals surface area (Å²) in [5.41, 5.74) is 1.49. The van der Waals surface area contributed by atoms with E-state index in [1.54, 1.807) is 12.1 Å². The molecule has 1 unspecified atom stereocenters. The number of aromatic hydroxyl groups is 1. The predicted octanol–water partition coefficient (Wildman–Crippen LogP) is 1.44. The molecule has 1 fully saturated rings. The van der Waals surface area contributed by atoms with Crippen LogP contribution in [0, 0.1) is 0 Å². The standard InChI is InChI=1S/C21H26N4O3/c1-24-10-12-25(13-11-24)19(16-6-3-2-4-7-16)15-22-20(27)21(28)23-17-8-5-9-18(26)14-17/h2-9,14,19,26H,10-13,15H2,1H3,(H,22,27)(H,23,28). The van der Waals surface area contributed by atoms with Crippen molar-refractivity contribution in [3.05, 3.63) is 60.2 Å². The maximum absolute atomic E-state index is 12.3. The highest BCUT2D eigenvalue weighted by molar-refractivity contribution is 6.39. The van der Waals surface area contributed by atoms with Crippen LogP contribution >= 0.6 is 0 Å². The van der Waals surface area contributed by atoms with Crippen molar-refractivity contribution in [1.82, 2.24) is 15.1 Å². The van der Waals surface area contributed by atoms with Crippen LogP contribution in [0.1, 0.15) is 11.6 Å². The molecule has 1 atom stereocenters. The molecule has 0 aliphatic carbocycles. The lowest BCUT2D eigenvalue weighted by atomic mass is 10.0. The molecule has 0 radical (unpaired) electrons. The van der Waals surface area contributed by atoms with Gasteiger partial charge in [0.2, 0.25) is 0 Å². The third-order valence-corrected chi connectivity index (χ3v) is 4.93. The number of anilines is 1. The number of carbonyl (C=O) groups excluding carboxylic acids is 2. The molecule has 0 bridgehead atoms. The Morgan fingerprint density at radius 1 is 1.00 bits per heavy atom. The quantitative estimate of drug-likeness (QED) is 0.682. The van der Waals surface area contributed by atoms with E-state index in [0.717, 1.165) is 31.7 Å². The molecule has 7 heteroatoms. The van der Waals surface area contributed by atoms with Crippen molar-refractivity contribution in [3.63, 3.8) is 0 Å². The largest absolute Gasteiger partial charge is 0.508 e. The van der Waals surface area contributed by atoms with Crippen LogP contribution in [0.2, 0.25) is 0 Å². The fourth-order valence-electron chi connectivity index (χ4n) is 3.31. The SMILES string of the molecule is CN1CCN(C(CNC(=O)C(=O)Nc2cccc(O)c2)c2ccccc2)CC1. The van der Waals surface area contributed by atoms with Crippen LogP contribution in [-0.4, -0.2) is 66.5 Å². The molecular weight excluding hydrogens is 356 g/mol. The second kappa shape index (κ2) is 9.34. The number of amides is 2. The normalized spacial score (nSPS) is 16.3. The number of hydrogen-bond donors (Lipinski definition) is 3. The van der Waals surface area contributed by atoms with Crippen LogP contribution in [0.5, 0.6) is 5.75 Å². The summed E-state index contributed by atoms with van der Waals surface area (Å²) in [5.74, 6) is -1.42. The maximum atomic E-state index is 12.3. The molecular formula is C21H26N4O3. The summed E-state index contributed by atoms with van der Waals surface area (Å²) in [5, 5.41) is 14.7. The number of phenolic OH excluding ortho intramolecular Hbond substituents is 1. The number of nitrogens with zero attached hydrogens (tertiary/aromatic N) is 2. The number of benzene rings is 2. The van der Waals surface area contributed by atoms with Gasteiger partial charge in [0.05, 0.1) is 6.04 Å². The highest BCUT2D eigenvalue weighted by atomic mass is 16.3. The molecule has 7 nitrogen and oxygen atoms in total. The zero-order chi connectivity index (χ0) is 19.9. The van der Waals surface area contributed by atoms with Gasteiger partial charge in [-0.1, -0.05) is 36.4 Å². The van der Waals surface area contributed by atoms with Crippen molar-refractivity contribution in [1.29, 1.82) is 0 Å². The monoisotopic (exact) mass is 382 g/mol. The van der Waals surface area contributed by atoms with E-state index in [4.69, 9.17) is 0 Å². The van der Waals surface area contributed by atoms with Crippen LogP contribution in [0.15, 0.2) is 54.6 Å². The molecule has 1 saturated heterocycles. The van der Waals surface area contributed by atoms with E-state index in [2.05, 4.69) is 27.5 Å². The summed E-state index contributed by atoms with van der Waals surface area (Å²) >= 11 is 0. The van der Waals surface area contributed by atoms with Crippen molar-refractivity contribution in [3.8, 4) is 5.75 Å². The Labute approximate surface area is 165 Å². The number of carbonyl (C=O) groups is 2. The average molecular weight is 382 g/mol. The first-order valence-electron chi connectivity index (χ1n) is 9.38. The Hall–Kier alpha value is -2.90. The smallest absolute Gasteiger partial charge is 0.313 e. The second-order valence-electron chi connectivity index (χ2n) is 6.98. The van der Waals surface area contributed by atoms with Gasteiger partial charge < -0.3 is 20.6 Å². The van der Waals surface area contributed by atoms with E-state index >= 15 is 0 Å². The fourth-order valence-corrected chi connectivity index (χ4v) is 3.31. The Bertz CT molecular complexity index is 804. The number of hydrogen-bond acceptors (Lipinski definition) is 5. The van der Waals surface area contributed by atoms with Crippen molar-refractivity contribution in [2.75, 3.05) is 45.1 Å².